The molecule has 234 valence electrons. The Balaban J connectivity index is 1.55. The van der Waals surface area contributed by atoms with Crippen LogP contribution in [-0.4, -0.2) is 64.8 Å². The van der Waals surface area contributed by atoms with Gasteiger partial charge in [-0.25, -0.2) is 13.8 Å². The molecule has 2 amide bonds. The van der Waals surface area contributed by atoms with E-state index in [2.05, 4.69) is 21.5 Å². The highest BCUT2D eigenvalue weighted by Crippen LogP contribution is 2.45. The second-order valence-corrected chi connectivity index (χ2v) is 11.8. The number of rotatable bonds is 14. The van der Waals surface area contributed by atoms with Gasteiger partial charge in [0.2, 0.25) is 0 Å². The number of nitrogens with one attached hydrogen (secondary N) is 2. The molecule has 44 heavy (non-hydrogen) atoms. The number of aryl methyl sites for hydroxylation is 1. The minimum Gasteiger partial charge on any atom is -0.390 e. The van der Waals surface area contributed by atoms with Crippen LogP contribution >= 0.6 is 0 Å². The van der Waals surface area contributed by atoms with Crippen molar-refractivity contribution >= 4 is 11.8 Å². The summed E-state index contributed by atoms with van der Waals surface area (Å²) in [6.45, 7) is 6.97. The minimum absolute atomic E-state index is 0.0125. The van der Waals surface area contributed by atoms with Gasteiger partial charge in [-0.2, -0.15) is 0 Å². The number of hydrogen-bond acceptors (Lipinski definition) is 5. The summed E-state index contributed by atoms with van der Waals surface area (Å²) in [5.74, 6) is 1.29. The number of benzene rings is 1. The van der Waals surface area contributed by atoms with E-state index in [1.165, 1.54) is 18.2 Å². The highest BCUT2D eigenvalue weighted by Gasteiger charge is 2.44. The molecule has 1 unspecified atom stereocenters. The fourth-order valence-corrected chi connectivity index (χ4v) is 5.67. The number of aromatic nitrogens is 1. The number of aliphatic hydroxyl groups is 1. The molecule has 7 nitrogen and oxygen atoms in total. The average Bonchev–Trinajstić information content (AvgIpc) is 3.79. The second-order valence-electron chi connectivity index (χ2n) is 11.8. The molecular weight excluding hydrogens is 562 g/mol. The fraction of sp³-hybridized carbons (Fsp3) is 0.457. The van der Waals surface area contributed by atoms with Gasteiger partial charge in [-0.3, -0.25) is 9.59 Å². The quantitative estimate of drug-likeness (QED) is 0.255. The molecule has 2 aromatic rings. The first-order chi connectivity index (χ1) is 21.1. The molecule has 4 rings (SSSR count). The van der Waals surface area contributed by atoms with Crippen molar-refractivity contribution in [3.05, 3.63) is 88.0 Å². The van der Waals surface area contributed by atoms with E-state index in [-0.39, 0.29) is 42.1 Å². The molecule has 0 saturated heterocycles. The van der Waals surface area contributed by atoms with Crippen molar-refractivity contribution in [2.45, 2.75) is 83.2 Å². The summed E-state index contributed by atoms with van der Waals surface area (Å²) >= 11 is 0. The van der Waals surface area contributed by atoms with E-state index in [9.17, 15) is 23.5 Å². The van der Waals surface area contributed by atoms with E-state index in [1.807, 2.05) is 38.1 Å². The van der Waals surface area contributed by atoms with Crippen molar-refractivity contribution in [2.24, 2.45) is 0 Å². The Morgan fingerprint density at radius 3 is 2.57 bits per heavy atom. The molecule has 1 saturated carbocycles. The van der Waals surface area contributed by atoms with Gasteiger partial charge in [0.1, 0.15) is 17.7 Å². The number of halogens is 2. The van der Waals surface area contributed by atoms with Gasteiger partial charge < -0.3 is 20.6 Å². The van der Waals surface area contributed by atoms with Crippen LogP contribution in [0.1, 0.15) is 90.0 Å². The third kappa shape index (κ3) is 8.40. The Bertz CT molecular complexity index is 1450. The second kappa shape index (κ2) is 14.7. The summed E-state index contributed by atoms with van der Waals surface area (Å²) < 4.78 is 28.3. The van der Waals surface area contributed by atoms with Crippen LogP contribution in [0.2, 0.25) is 0 Å². The van der Waals surface area contributed by atoms with Crippen molar-refractivity contribution in [3.8, 4) is 12.3 Å². The molecule has 1 aromatic carbocycles. The van der Waals surface area contributed by atoms with Crippen LogP contribution in [0.4, 0.5) is 8.78 Å². The zero-order valence-electron chi connectivity index (χ0n) is 25.7. The van der Waals surface area contributed by atoms with E-state index in [1.54, 1.807) is 17.9 Å². The molecule has 0 spiro atoms. The summed E-state index contributed by atoms with van der Waals surface area (Å²) in [4.78, 5) is 32.9. The predicted octanol–water partition coefficient (Wildman–Crippen LogP) is 5.28. The molecule has 1 aromatic heterocycles. The number of carbonyl (C=O) groups is 2. The first kappa shape index (κ1) is 33.0. The van der Waals surface area contributed by atoms with E-state index >= 15 is 0 Å². The van der Waals surface area contributed by atoms with Gasteiger partial charge in [0.05, 0.1) is 12.1 Å². The van der Waals surface area contributed by atoms with Crippen LogP contribution in [0.25, 0.3) is 0 Å². The van der Waals surface area contributed by atoms with Crippen LogP contribution in [0.3, 0.4) is 0 Å². The van der Waals surface area contributed by atoms with E-state index in [0.29, 0.717) is 24.4 Å². The topological polar surface area (TPSA) is 94.6 Å². The summed E-state index contributed by atoms with van der Waals surface area (Å²) in [7, 11) is 0. The van der Waals surface area contributed by atoms with Crippen LogP contribution in [0, 0.1) is 19.3 Å². The number of amides is 2. The number of nitrogens with zero attached hydrogens (tertiary/aromatic N) is 2. The van der Waals surface area contributed by atoms with Gasteiger partial charge in [-0.15, -0.1) is 6.42 Å². The maximum absolute atomic E-state index is 14.2. The standard InChI is InChI=1S/C35H42F2N4O3/c1-5-13-41(14-6-2)34(44)31-20-26(15-23(4)39-31)33(43)40-30(19-25-17-28(36)21-29(37)18-25)32(42)22-38-35(11-12-35)27-10-8-9-24(7-3)16-27/h3,8-10,15-18,20,28,30,32,38,42H,5-6,11-14,19,21-22H2,1-2,4H3,(H,40,43)/t28?,30-,32+/m0/s1. The Kier molecular flexibility index (Phi) is 11.1. The van der Waals surface area contributed by atoms with Gasteiger partial charge in [-0.1, -0.05) is 31.9 Å². The van der Waals surface area contributed by atoms with Gasteiger partial charge in [0.15, 0.2) is 0 Å². The number of aliphatic hydroxyl groups excluding tert-OH is 1. The van der Waals surface area contributed by atoms with Crippen LogP contribution in [0.5, 0.6) is 0 Å². The summed E-state index contributed by atoms with van der Waals surface area (Å²) in [6.07, 6.45) is 8.56. The maximum atomic E-state index is 14.2. The molecule has 1 heterocycles. The molecule has 0 radical (unpaired) electrons. The average molecular weight is 605 g/mol. The molecular formula is C35H42F2N4O3. The van der Waals surface area contributed by atoms with E-state index in [0.717, 1.165) is 36.8 Å². The summed E-state index contributed by atoms with van der Waals surface area (Å²) in [6, 6.07) is 9.84. The largest absolute Gasteiger partial charge is 0.390 e. The zero-order chi connectivity index (χ0) is 31.9. The Labute approximate surface area is 258 Å². The number of allylic oxidation sites excluding steroid dienone is 3. The lowest BCUT2D eigenvalue weighted by molar-refractivity contribution is 0.0749. The Hall–Kier alpha value is -3.87. The molecule has 0 aliphatic heterocycles. The molecule has 9 heteroatoms. The normalized spacial score (nSPS) is 18.3. The Morgan fingerprint density at radius 2 is 1.93 bits per heavy atom. The molecule has 2 aliphatic carbocycles. The van der Waals surface area contributed by atoms with E-state index < -0.39 is 30.1 Å². The van der Waals surface area contributed by atoms with E-state index in [4.69, 9.17) is 6.42 Å². The van der Waals surface area contributed by atoms with Crippen molar-refractivity contribution in [3.63, 3.8) is 0 Å². The third-order valence-electron chi connectivity index (χ3n) is 8.05. The van der Waals surface area contributed by atoms with Crippen LogP contribution in [-0.2, 0) is 5.54 Å². The van der Waals surface area contributed by atoms with Crippen LogP contribution < -0.4 is 10.6 Å². The van der Waals surface area contributed by atoms with Gasteiger partial charge >= 0.3 is 0 Å². The van der Waals surface area contributed by atoms with Gasteiger partial charge in [0, 0.05) is 48.4 Å². The smallest absolute Gasteiger partial charge is 0.272 e. The molecule has 3 N–H and O–H groups in total. The summed E-state index contributed by atoms with van der Waals surface area (Å²) in [5, 5.41) is 17.7. The molecule has 3 atom stereocenters. The Morgan fingerprint density at radius 1 is 1.20 bits per heavy atom. The first-order valence-corrected chi connectivity index (χ1v) is 15.4. The van der Waals surface area contributed by atoms with Gasteiger partial charge in [-0.05, 0) is 86.6 Å². The lowest BCUT2D eigenvalue weighted by Crippen LogP contribution is -2.49. The number of carbonyl (C=O) groups excluding carboxylic acids is 2. The number of alkyl halides is 1. The number of terminal acetylenes is 1. The lowest BCUT2D eigenvalue weighted by atomic mass is 9.95. The fourth-order valence-electron chi connectivity index (χ4n) is 5.67. The number of hydrogen-bond donors (Lipinski definition) is 3. The van der Waals surface area contributed by atoms with Crippen molar-refractivity contribution in [1.29, 1.82) is 0 Å². The highest BCUT2D eigenvalue weighted by molar-refractivity contribution is 5.98. The maximum Gasteiger partial charge on any atom is 0.272 e. The number of pyridine rings is 1. The lowest BCUT2D eigenvalue weighted by Gasteiger charge is -2.28. The van der Waals surface area contributed by atoms with Crippen molar-refractivity contribution < 1.29 is 23.5 Å². The first-order valence-electron chi connectivity index (χ1n) is 15.4. The highest BCUT2D eigenvalue weighted by atomic mass is 19.1. The predicted molar refractivity (Wildman–Crippen MR) is 167 cm³/mol. The zero-order valence-corrected chi connectivity index (χ0v) is 25.7. The third-order valence-corrected chi connectivity index (χ3v) is 8.05. The monoisotopic (exact) mass is 604 g/mol. The van der Waals surface area contributed by atoms with Crippen molar-refractivity contribution in [1.82, 2.24) is 20.5 Å². The van der Waals surface area contributed by atoms with Crippen LogP contribution in [0.15, 0.2) is 60.0 Å². The minimum atomic E-state index is -1.48. The molecule has 0 bridgehead atoms. The van der Waals surface area contributed by atoms with Crippen molar-refractivity contribution in [2.75, 3.05) is 19.6 Å². The summed E-state index contributed by atoms with van der Waals surface area (Å²) in [5.41, 5.74) is 2.67. The molecule has 1 fully saturated rings. The molecule has 2 aliphatic rings. The van der Waals surface area contributed by atoms with Gasteiger partial charge in [0.25, 0.3) is 11.8 Å². The SMILES string of the molecule is C#Cc1cccc(C2(NC[C@@H](O)[C@H](CC3=CC(F)CC(F)=C3)NC(=O)c3cc(C)nc(C(=O)N(CCC)CCC)c3)CC2)c1.